The molecule has 34 heavy (non-hydrogen) atoms. The number of carbonyl (C=O) groups excluding carboxylic acids is 2. The molecule has 0 saturated heterocycles. The Morgan fingerprint density at radius 2 is 1.56 bits per heavy atom. The maximum absolute atomic E-state index is 13.1. The summed E-state index contributed by atoms with van der Waals surface area (Å²) in [6.45, 7) is 0. The van der Waals surface area contributed by atoms with Crippen molar-refractivity contribution in [2.75, 3.05) is 10.6 Å². The van der Waals surface area contributed by atoms with Crippen LogP contribution in [0, 0.1) is 24.1 Å². The van der Waals surface area contributed by atoms with Gasteiger partial charge in [0.05, 0.1) is 21.5 Å². The lowest BCUT2D eigenvalue weighted by Crippen LogP contribution is -2.18. The molecule has 4 rings (SSSR count). The summed E-state index contributed by atoms with van der Waals surface area (Å²) in [7, 11) is 0. The van der Waals surface area contributed by atoms with Gasteiger partial charge in [0.15, 0.2) is 0 Å². The molecule has 0 radical (unpaired) electrons. The zero-order valence-corrected chi connectivity index (χ0v) is 20.2. The minimum absolute atomic E-state index is 0.121. The van der Waals surface area contributed by atoms with Crippen LogP contribution in [0.3, 0.4) is 0 Å². The molecule has 1 aliphatic carbocycles. The third-order valence-electron chi connectivity index (χ3n) is 5.42. The number of halogens is 5. The Labute approximate surface area is 215 Å². The Kier molecular flexibility index (Phi) is 6.80. The topological polar surface area (TPSA) is 58.2 Å². The van der Waals surface area contributed by atoms with Gasteiger partial charge in [-0.2, -0.15) is 0 Å². The smallest absolute Gasteiger partial charge is 0.257 e. The first kappa shape index (κ1) is 24.4. The van der Waals surface area contributed by atoms with Crippen LogP contribution in [0.4, 0.5) is 15.8 Å². The molecule has 1 fully saturated rings. The predicted octanol–water partition coefficient (Wildman–Crippen LogP) is 6.89. The molecule has 3 aromatic rings. The van der Waals surface area contributed by atoms with E-state index in [0.717, 1.165) is 0 Å². The van der Waals surface area contributed by atoms with Gasteiger partial charge < -0.3 is 10.6 Å². The van der Waals surface area contributed by atoms with Crippen LogP contribution in [0.25, 0.3) is 0 Å². The van der Waals surface area contributed by atoms with Crippen molar-refractivity contribution in [1.82, 2.24) is 0 Å². The van der Waals surface area contributed by atoms with Crippen molar-refractivity contribution < 1.29 is 14.0 Å². The van der Waals surface area contributed by atoms with Gasteiger partial charge in [-0.25, -0.2) is 4.39 Å². The van der Waals surface area contributed by atoms with E-state index in [1.807, 2.05) is 0 Å². The summed E-state index contributed by atoms with van der Waals surface area (Å²) in [6, 6.07) is 14.8. The molecule has 172 valence electrons. The standard InChI is InChI=1S/C25H15Cl4FN2O2/c1-2-13-11-14(3-9-19(13)26)21-22(25(21,28)29)24(34)32-17-8-10-20(27)18(12-17)23(33)31-16-6-4-15(30)5-7-16/h1,3-12,21-22H,(H,31,33)(H,32,34)/t21-,22+/m1/s1. The van der Waals surface area contributed by atoms with E-state index in [1.165, 1.54) is 36.4 Å². The van der Waals surface area contributed by atoms with E-state index in [4.69, 9.17) is 52.8 Å². The average molecular weight is 536 g/mol. The summed E-state index contributed by atoms with van der Waals surface area (Å²) in [5, 5.41) is 5.94. The molecule has 0 aromatic heterocycles. The van der Waals surface area contributed by atoms with Gasteiger partial charge in [-0.15, -0.1) is 29.6 Å². The first-order chi connectivity index (χ1) is 16.1. The van der Waals surface area contributed by atoms with Gasteiger partial charge >= 0.3 is 0 Å². The van der Waals surface area contributed by atoms with Crippen LogP contribution in [-0.4, -0.2) is 16.1 Å². The molecular weight excluding hydrogens is 521 g/mol. The average Bonchev–Trinajstić information content (AvgIpc) is 3.38. The molecule has 2 N–H and O–H groups in total. The zero-order valence-electron chi connectivity index (χ0n) is 17.2. The van der Waals surface area contributed by atoms with Crippen molar-refractivity contribution >= 4 is 69.6 Å². The molecule has 3 aromatic carbocycles. The van der Waals surface area contributed by atoms with Gasteiger partial charge in [0.1, 0.15) is 10.2 Å². The highest BCUT2D eigenvalue weighted by Crippen LogP contribution is 2.65. The number of benzene rings is 3. The monoisotopic (exact) mass is 534 g/mol. The van der Waals surface area contributed by atoms with Gasteiger partial charge in [0, 0.05) is 22.9 Å². The van der Waals surface area contributed by atoms with Crippen LogP contribution >= 0.6 is 46.4 Å². The van der Waals surface area contributed by atoms with Crippen molar-refractivity contribution in [2.24, 2.45) is 5.92 Å². The first-order valence-electron chi connectivity index (χ1n) is 9.93. The Morgan fingerprint density at radius 3 is 2.24 bits per heavy atom. The fraction of sp³-hybridized carbons (Fsp3) is 0.120. The quantitative estimate of drug-likeness (QED) is 0.276. The molecule has 0 heterocycles. The number of terminal acetylenes is 1. The van der Waals surface area contributed by atoms with E-state index in [2.05, 4.69) is 16.6 Å². The van der Waals surface area contributed by atoms with E-state index >= 15 is 0 Å². The largest absolute Gasteiger partial charge is 0.326 e. The maximum atomic E-state index is 13.1. The molecule has 9 heteroatoms. The maximum Gasteiger partial charge on any atom is 0.257 e. The van der Waals surface area contributed by atoms with E-state index < -0.39 is 33.8 Å². The second-order valence-electron chi connectivity index (χ2n) is 7.66. The molecule has 2 amide bonds. The van der Waals surface area contributed by atoms with E-state index in [-0.39, 0.29) is 10.6 Å². The third-order valence-corrected chi connectivity index (χ3v) is 7.02. The van der Waals surface area contributed by atoms with Gasteiger partial charge in [0.25, 0.3) is 5.91 Å². The van der Waals surface area contributed by atoms with Crippen LogP contribution in [-0.2, 0) is 4.79 Å². The van der Waals surface area contributed by atoms with Crippen LogP contribution in [0.5, 0.6) is 0 Å². The minimum Gasteiger partial charge on any atom is -0.326 e. The Hall–Kier alpha value is -2.75. The van der Waals surface area contributed by atoms with Crippen molar-refractivity contribution in [3.8, 4) is 12.3 Å². The number of rotatable bonds is 5. The van der Waals surface area contributed by atoms with Crippen molar-refractivity contribution in [3.63, 3.8) is 0 Å². The lowest BCUT2D eigenvalue weighted by molar-refractivity contribution is -0.117. The number of hydrogen-bond donors (Lipinski definition) is 2. The second-order valence-corrected chi connectivity index (χ2v) is 9.92. The van der Waals surface area contributed by atoms with E-state index in [0.29, 0.717) is 27.5 Å². The molecule has 0 aliphatic heterocycles. The number of alkyl halides is 2. The Morgan fingerprint density at radius 1 is 0.912 bits per heavy atom. The fourth-order valence-corrected chi connectivity index (χ4v) is 4.85. The van der Waals surface area contributed by atoms with Crippen LogP contribution in [0.1, 0.15) is 27.4 Å². The minimum atomic E-state index is -1.33. The Bertz CT molecular complexity index is 1340. The molecule has 1 aliphatic rings. The van der Waals surface area contributed by atoms with Gasteiger partial charge in [-0.1, -0.05) is 35.2 Å². The van der Waals surface area contributed by atoms with E-state index in [9.17, 15) is 14.0 Å². The molecule has 0 bridgehead atoms. The molecule has 2 atom stereocenters. The van der Waals surface area contributed by atoms with E-state index in [1.54, 1.807) is 24.3 Å². The summed E-state index contributed by atoms with van der Waals surface area (Å²) in [4.78, 5) is 25.6. The summed E-state index contributed by atoms with van der Waals surface area (Å²) in [5.74, 6) is -0.146. The number of nitrogens with one attached hydrogen (secondary N) is 2. The lowest BCUT2D eigenvalue weighted by Gasteiger charge is -2.10. The molecule has 0 unspecified atom stereocenters. The first-order valence-corrected chi connectivity index (χ1v) is 11.4. The number of amides is 2. The summed E-state index contributed by atoms with van der Waals surface area (Å²) < 4.78 is 11.8. The van der Waals surface area contributed by atoms with Gasteiger partial charge in [-0.05, 0) is 60.2 Å². The number of hydrogen-bond acceptors (Lipinski definition) is 2. The summed E-state index contributed by atoms with van der Waals surface area (Å²) in [6.07, 6.45) is 5.47. The van der Waals surface area contributed by atoms with Crippen LogP contribution < -0.4 is 10.6 Å². The SMILES string of the molecule is C#Cc1cc([C@@H]2[C@@H](C(=O)Nc3ccc(Cl)c(C(=O)Nc4ccc(F)cc4)c3)C2(Cl)Cl)ccc1Cl. The number of anilines is 2. The normalized spacial score (nSPS) is 18.0. The zero-order chi connectivity index (χ0) is 24.6. The lowest BCUT2D eigenvalue weighted by atomic mass is 10.1. The number of carbonyl (C=O) groups is 2. The van der Waals surface area contributed by atoms with Crippen molar-refractivity contribution in [2.45, 2.75) is 10.3 Å². The highest BCUT2D eigenvalue weighted by Gasteiger charge is 2.67. The third kappa shape index (κ3) is 4.87. The fourth-order valence-electron chi connectivity index (χ4n) is 3.64. The highest BCUT2D eigenvalue weighted by atomic mass is 35.5. The van der Waals surface area contributed by atoms with Crippen LogP contribution in [0.15, 0.2) is 60.7 Å². The van der Waals surface area contributed by atoms with Gasteiger partial charge in [0.2, 0.25) is 5.91 Å². The predicted molar refractivity (Wildman–Crippen MR) is 134 cm³/mol. The summed E-state index contributed by atoms with van der Waals surface area (Å²) in [5.41, 5.74) is 2.01. The molecule has 1 saturated carbocycles. The van der Waals surface area contributed by atoms with Crippen LogP contribution in [0.2, 0.25) is 10.0 Å². The molecule has 4 nitrogen and oxygen atoms in total. The highest BCUT2D eigenvalue weighted by molar-refractivity contribution is 6.53. The second kappa shape index (κ2) is 9.48. The van der Waals surface area contributed by atoms with Gasteiger partial charge in [-0.3, -0.25) is 9.59 Å². The Balaban J connectivity index is 1.50. The molecule has 0 spiro atoms. The summed E-state index contributed by atoms with van der Waals surface area (Å²) >= 11 is 25.1. The molecular formula is C25H15Cl4FN2O2. The van der Waals surface area contributed by atoms with Crippen molar-refractivity contribution in [3.05, 3.63) is 93.2 Å². The van der Waals surface area contributed by atoms with Crippen molar-refractivity contribution in [1.29, 1.82) is 0 Å².